The largest absolute Gasteiger partial charge is 0.496 e. The fourth-order valence-electron chi connectivity index (χ4n) is 3.63. The molecule has 0 aromatic heterocycles. The maximum atomic E-state index is 5.47. The molecule has 0 radical (unpaired) electrons. The third-order valence-corrected chi connectivity index (χ3v) is 5.32. The van der Waals surface area contributed by atoms with E-state index >= 15 is 0 Å². The third kappa shape index (κ3) is 7.86. The monoisotopic (exact) mass is 488 g/mol. The molecule has 5 nitrogen and oxygen atoms in total. The van der Waals surface area contributed by atoms with Gasteiger partial charge in [-0.1, -0.05) is 31.5 Å². The van der Waals surface area contributed by atoms with E-state index in [4.69, 9.17) is 4.74 Å². The van der Waals surface area contributed by atoms with Crippen LogP contribution in [0.1, 0.15) is 51.0 Å². The highest BCUT2D eigenvalue weighted by molar-refractivity contribution is 14.0. The molecule has 1 aliphatic heterocycles. The molecule has 0 saturated carbocycles. The lowest BCUT2D eigenvalue weighted by Crippen LogP contribution is -2.42. The van der Waals surface area contributed by atoms with Crippen LogP contribution in [0.3, 0.4) is 0 Å². The maximum absolute atomic E-state index is 5.47. The van der Waals surface area contributed by atoms with E-state index in [-0.39, 0.29) is 24.0 Å². The Morgan fingerprint density at radius 3 is 2.78 bits per heavy atom. The van der Waals surface area contributed by atoms with E-state index in [0.717, 1.165) is 37.3 Å². The molecule has 1 saturated heterocycles. The number of hydrogen-bond acceptors (Lipinski definition) is 3. The summed E-state index contributed by atoms with van der Waals surface area (Å²) in [7, 11) is 3.55. The first kappa shape index (κ1) is 24.0. The van der Waals surface area contributed by atoms with Crippen molar-refractivity contribution in [2.24, 2.45) is 4.99 Å². The number of benzene rings is 1. The standard InChI is InChI=1S/C21H36N4O.HI/c1-17(19-11-5-6-12-20(19)26-4)16-24-21(22-3)23-13-9-15-25-14-8-7-10-18(25)2;/h5-6,11-12,17-18H,7-10,13-16H2,1-4H3,(H2,22,23,24);1H. The van der Waals surface area contributed by atoms with Gasteiger partial charge in [0, 0.05) is 38.6 Å². The van der Waals surface area contributed by atoms with E-state index in [1.165, 1.54) is 37.9 Å². The summed E-state index contributed by atoms with van der Waals surface area (Å²) in [6.07, 6.45) is 5.23. The van der Waals surface area contributed by atoms with Gasteiger partial charge in [-0.3, -0.25) is 4.99 Å². The van der Waals surface area contributed by atoms with Crippen molar-refractivity contribution < 1.29 is 4.74 Å². The Morgan fingerprint density at radius 1 is 1.30 bits per heavy atom. The highest BCUT2D eigenvalue weighted by Gasteiger charge is 2.17. The van der Waals surface area contributed by atoms with Crippen molar-refractivity contribution in [3.63, 3.8) is 0 Å². The minimum absolute atomic E-state index is 0. The number of likely N-dealkylation sites (tertiary alicyclic amines) is 1. The zero-order valence-corrected chi connectivity index (χ0v) is 19.7. The number of hydrogen-bond donors (Lipinski definition) is 2. The summed E-state index contributed by atoms with van der Waals surface area (Å²) in [4.78, 5) is 6.96. The van der Waals surface area contributed by atoms with Crippen molar-refractivity contribution in [2.45, 2.75) is 51.5 Å². The van der Waals surface area contributed by atoms with Gasteiger partial charge >= 0.3 is 0 Å². The van der Waals surface area contributed by atoms with Crippen LogP contribution in [-0.2, 0) is 0 Å². The minimum atomic E-state index is 0. The Balaban J connectivity index is 0.00000364. The van der Waals surface area contributed by atoms with Gasteiger partial charge in [0.1, 0.15) is 5.75 Å². The highest BCUT2D eigenvalue weighted by Crippen LogP contribution is 2.25. The molecule has 1 heterocycles. The Labute approximate surface area is 182 Å². The lowest BCUT2D eigenvalue weighted by Gasteiger charge is -2.33. The number of para-hydroxylation sites is 1. The summed E-state index contributed by atoms with van der Waals surface area (Å²) < 4.78 is 5.47. The summed E-state index contributed by atoms with van der Waals surface area (Å²) >= 11 is 0. The first-order valence-electron chi connectivity index (χ1n) is 9.97. The van der Waals surface area contributed by atoms with Gasteiger partial charge in [0.15, 0.2) is 5.96 Å². The van der Waals surface area contributed by atoms with Gasteiger partial charge in [-0.2, -0.15) is 0 Å². The van der Waals surface area contributed by atoms with Gasteiger partial charge in [0.05, 0.1) is 7.11 Å². The van der Waals surface area contributed by atoms with Gasteiger partial charge in [-0.05, 0) is 44.4 Å². The molecule has 2 N–H and O–H groups in total. The van der Waals surface area contributed by atoms with E-state index < -0.39 is 0 Å². The molecule has 27 heavy (non-hydrogen) atoms. The lowest BCUT2D eigenvalue weighted by molar-refractivity contribution is 0.159. The predicted molar refractivity (Wildman–Crippen MR) is 126 cm³/mol. The van der Waals surface area contributed by atoms with Crippen molar-refractivity contribution in [3.05, 3.63) is 29.8 Å². The molecule has 1 fully saturated rings. The molecule has 0 bridgehead atoms. The Morgan fingerprint density at radius 2 is 2.07 bits per heavy atom. The van der Waals surface area contributed by atoms with Crippen LogP contribution in [-0.4, -0.2) is 57.2 Å². The van der Waals surface area contributed by atoms with Crippen molar-refractivity contribution in [1.29, 1.82) is 0 Å². The molecule has 0 spiro atoms. The molecule has 1 aromatic carbocycles. The summed E-state index contributed by atoms with van der Waals surface area (Å²) in [6, 6.07) is 8.94. The molecule has 1 aromatic rings. The molecule has 0 aliphatic carbocycles. The SMILES string of the molecule is CN=C(NCCCN1CCCCC1C)NCC(C)c1ccccc1OC.I. The minimum Gasteiger partial charge on any atom is -0.496 e. The quantitative estimate of drug-likeness (QED) is 0.253. The number of ether oxygens (including phenoxy) is 1. The first-order valence-corrected chi connectivity index (χ1v) is 9.97. The third-order valence-electron chi connectivity index (χ3n) is 5.32. The number of methoxy groups -OCH3 is 1. The van der Waals surface area contributed by atoms with Crippen LogP contribution in [0.15, 0.2) is 29.3 Å². The molecule has 0 amide bonds. The number of nitrogens with one attached hydrogen (secondary N) is 2. The summed E-state index contributed by atoms with van der Waals surface area (Å²) in [5.74, 6) is 2.16. The second-order valence-corrected chi connectivity index (χ2v) is 7.26. The number of guanidine groups is 1. The number of rotatable bonds is 8. The van der Waals surface area contributed by atoms with Crippen LogP contribution < -0.4 is 15.4 Å². The number of nitrogens with zero attached hydrogens (tertiary/aromatic N) is 2. The molecule has 6 heteroatoms. The van der Waals surface area contributed by atoms with Gasteiger partial charge in [-0.25, -0.2) is 0 Å². The van der Waals surface area contributed by atoms with Crippen molar-refractivity contribution in [1.82, 2.24) is 15.5 Å². The van der Waals surface area contributed by atoms with Crippen LogP contribution in [0.4, 0.5) is 0 Å². The summed E-state index contributed by atoms with van der Waals surface area (Å²) in [6.45, 7) is 8.75. The van der Waals surface area contributed by atoms with E-state index in [2.05, 4.69) is 46.5 Å². The predicted octanol–water partition coefficient (Wildman–Crippen LogP) is 3.85. The second-order valence-electron chi connectivity index (χ2n) is 7.26. The van der Waals surface area contributed by atoms with Crippen LogP contribution in [0.25, 0.3) is 0 Å². The number of piperidine rings is 1. The second kappa shape index (κ2) is 13.2. The number of halogens is 1. The van der Waals surface area contributed by atoms with Crippen molar-refractivity contribution in [2.75, 3.05) is 40.3 Å². The van der Waals surface area contributed by atoms with Crippen LogP contribution >= 0.6 is 24.0 Å². The van der Waals surface area contributed by atoms with Gasteiger partial charge in [0.25, 0.3) is 0 Å². The van der Waals surface area contributed by atoms with Gasteiger partial charge in [-0.15, -0.1) is 24.0 Å². The fraction of sp³-hybridized carbons (Fsp3) is 0.667. The molecule has 2 unspecified atom stereocenters. The average Bonchev–Trinajstić information content (AvgIpc) is 2.68. The van der Waals surface area contributed by atoms with Crippen molar-refractivity contribution >= 4 is 29.9 Å². The van der Waals surface area contributed by atoms with Crippen LogP contribution in [0.5, 0.6) is 5.75 Å². The summed E-state index contributed by atoms with van der Waals surface area (Å²) in [5, 5.41) is 6.88. The zero-order chi connectivity index (χ0) is 18.8. The molecule has 154 valence electrons. The molecule has 2 atom stereocenters. The zero-order valence-electron chi connectivity index (χ0n) is 17.3. The highest BCUT2D eigenvalue weighted by atomic mass is 127. The maximum Gasteiger partial charge on any atom is 0.190 e. The van der Waals surface area contributed by atoms with Crippen LogP contribution in [0.2, 0.25) is 0 Å². The van der Waals surface area contributed by atoms with Gasteiger partial charge < -0.3 is 20.3 Å². The number of aliphatic imine (C=N–C) groups is 1. The normalized spacial score (nSPS) is 19.1. The van der Waals surface area contributed by atoms with E-state index in [1.54, 1.807) is 7.11 Å². The average molecular weight is 488 g/mol. The Bertz CT molecular complexity index is 567. The molecule has 1 aliphatic rings. The van der Waals surface area contributed by atoms with E-state index in [9.17, 15) is 0 Å². The van der Waals surface area contributed by atoms with Gasteiger partial charge in [0.2, 0.25) is 0 Å². The molecule has 2 rings (SSSR count). The van der Waals surface area contributed by atoms with E-state index in [1.807, 2.05) is 19.2 Å². The van der Waals surface area contributed by atoms with E-state index in [0.29, 0.717) is 5.92 Å². The smallest absolute Gasteiger partial charge is 0.190 e. The van der Waals surface area contributed by atoms with Crippen LogP contribution in [0, 0.1) is 0 Å². The first-order chi connectivity index (χ1) is 12.7. The Kier molecular flexibility index (Phi) is 11.7. The summed E-state index contributed by atoms with van der Waals surface area (Å²) in [5.41, 5.74) is 1.22. The fourth-order valence-corrected chi connectivity index (χ4v) is 3.63. The van der Waals surface area contributed by atoms with Crippen molar-refractivity contribution in [3.8, 4) is 5.75 Å². The lowest BCUT2D eigenvalue weighted by atomic mass is 10.0. The topological polar surface area (TPSA) is 48.9 Å². The molecular formula is C21H37IN4O. The molecular weight excluding hydrogens is 451 g/mol. The Hall–Kier alpha value is -1.02.